The van der Waals surface area contributed by atoms with Crippen LogP contribution < -0.4 is 4.90 Å². The van der Waals surface area contributed by atoms with Crippen molar-refractivity contribution in [2.45, 2.75) is 22.3 Å². The van der Waals surface area contributed by atoms with Gasteiger partial charge < -0.3 is 4.90 Å². The van der Waals surface area contributed by atoms with Crippen molar-refractivity contribution < 1.29 is 4.68 Å². The molecule has 0 spiro atoms. The fourth-order valence-electron chi connectivity index (χ4n) is 4.52. The first-order valence-corrected chi connectivity index (χ1v) is 13.4. The normalized spacial score (nSPS) is 18.8. The molecular formula is C30H26N3S2+. The number of thioether (sulfide) groups is 2. The van der Waals surface area contributed by atoms with E-state index in [1.54, 1.807) is 0 Å². The summed E-state index contributed by atoms with van der Waals surface area (Å²) in [6.07, 6.45) is 9.77. The van der Waals surface area contributed by atoms with Gasteiger partial charge in [0, 0.05) is 52.9 Å². The molecule has 0 aromatic heterocycles. The maximum Gasteiger partial charge on any atom is 0.232 e. The van der Waals surface area contributed by atoms with Crippen molar-refractivity contribution in [3.8, 4) is 0 Å². The van der Waals surface area contributed by atoms with Crippen LogP contribution in [0.25, 0.3) is 0 Å². The van der Waals surface area contributed by atoms with Crippen LogP contribution in [-0.2, 0) is 0 Å². The monoisotopic (exact) mass is 492 g/mol. The molecule has 3 aromatic rings. The van der Waals surface area contributed by atoms with Crippen LogP contribution in [0.3, 0.4) is 0 Å². The topological polar surface area (TPSA) is 18.6 Å². The van der Waals surface area contributed by atoms with E-state index in [0.29, 0.717) is 0 Å². The summed E-state index contributed by atoms with van der Waals surface area (Å²) < 4.78 is 3.53. The lowest BCUT2D eigenvalue weighted by atomic mass is 9.98. The summed E-state index contributed by atoms with van der Waals surface area (Å²) >= 11 is 3.72. The smallest absolute Gasteiger partial charge is 0.232 e. The zero-order valence-electron chi connectivity index (χ0n) is 19.8. The first-order valence-electron chi connectivity index (χ1n) is 11.8. The number of hydrogen-bond acceptors (Lipinski definition) is 4. The van der Waals surface area contributed by atoms with Crippen LogP contribution in [0, 0.1) is 0 Å². The predicted molar refractivity (Wildman–Crippen MR) is 150 cm³/mol. The van der Waals surface area contributed by atoms with Crippen LogP contribution in [0.4, 0.5) is 5.69 Å². The Bertz CT molecular complexity index is 1380. The van der Waals surface area contributed by atoms with Gasteiger partial charge in [0.05, 0.1) is 10.7 Å². The molecule has 0 unspecified atom stereocenters. The van der Waals surface area contributed by atoms with E-state index in [2.05, 4.69) is 127 Å². The number of nitrogens with zero attached hydrogens (tertiary/aromatic N) is 3. The van der Waals surface area contributed by atoms with Crippen LogP contribution in [0.15, 0.2) is 128 Å². The molecule has 6 rings (SSSR count). The van der Waals surface area contributed by atoms with E-state index in [9.17, 15) is 0 Å². The van der Waals surface area contributed by atoms with Gasteiger partial charge in [0.15, 0.2) is 0 Å². The highest BCUT2D eigenvalue weighted by Gasteiger charge is 2.36. The van der Waals surface area contributed by atoms with E-state index >= 15 is 0 Å². The molecule has 0 radical (unpaired) electrons. The summed E-state index contributed by atoms with van der Waals surface area (Å²) in [6.45, 7) is 0. The van der Waals surface area contributed by atoms with Crippen molar-refractivity contribution in [3.63, 3.8) is 0 Å². The molecule has 2 heterocycles. The number of fused-ring (bicyclic) bond motifs is 1. The molecule has 3 aromatic carbocycles. The lowest BCUT2D eigenvalue weighted by Gasteiger charge is -2.12. The summed E-state index contributed by atoms with van der Waals surface area (Å²) in [5.41, 5.74) is 7.17. The van der Waals surface area contributed by atoms with Crippen molar-refractivity contribution in [3.05, 3.63) is 124 Å². The summed E-state index contributed by atoms with van der Waals surface area (Å²) in [5.74, 6) is 0. The molecule has 0 N–H and O–H groups in total. The van der Waals surface area contributed by atoms with Gasteiger partial charge in [-0.2, -0.15) is 0 Å². The minimum atomic E-state index is 0.178. The molecule has 1 aliphatic carbocycles. The third-order valence-electron chi connectivity index (χ3n) is 6.43. The zero-order valence-corrected chi connectivity index (χ0v) is 21.4. The van der Waals surface area contributed by atoms with E-state index < -0.39 is 0 Å². The van der Waals surface area contributed by atoms with Crippen molar-refractivity contribution in [2.75, 3.05) is 19.0 Å². The minimum absolute atomic E-state index is 0.178. The van der Waals surface area contributed by atoms with E-state index in [0.717, 1.165) is 17.8 Å². The van der Waals surface area contributed by atoms with Crippen LogP contribution in [0.2, 0.25) is 0 Å². The lowest BCUT2D eigenvalue weighted by molar-refractivity contribution is -0.566. The summed E-state index contributed by atoms with van der Waals surface area (Å²) in [7, 11) is 4.14. The quantitative estimate of drug-likeness (QED) is 0.358. The molecule has 2 aliphatic heterocycles. The van der Waals surface area contributed by atoms with Crippen LogP contribution >= 0.6 is 23.5 Å². The molecule has 172 valence electrons. The second-order valence-electron chi connectivity index (χ2n) is 8.95. The van der Waals surface area contributed by atoms with Gasteiger partial charge in [-0.1, -0.05) is 82.8 Å². The second kappa shape index (κ2) is 9.40. The summed E-state index contributed by atoms with van der Waals surface area (Å²) in [4.78, 5) is 4.81. The molecule has 0 bridgehead atoms. The number of allylic oxidation sites excluding steroid dienone is 5. The Balaban J connectivity index is 1.35. The van der Waals surface area contributed by atoms with E-state index in [4.69, 9.17) is 5.10 Å². The molecule has 5 heteroatoms. The first kappa shape index (κ1) is 22.2. The molecule has 0 saturated carbocycles. The number of hydrazone groups is 1. The fraction of sp³-hybridized carbons (Fsp3) is 0.133. The van der Waals surface area contributed by atoms with E-state index in [-0.39, 0.29) is 6.04 Å². The highest BCUT2D eigenvalue weighted by atomic mass is 32.2. The Morgan fingerprint density at radius 2 is 1.40 bits per heavy atom. The maximum atomic E-state index is 5.14. The van der Waals surface area contributed by atoms with Gasteiger partial charge in [0.25, 0.3) is 0 Å². The lowest BCUT2D eigenvalue weighted by Crippen LogP contribution is -2.16. The van der Waals surface area contributed by atoms with Gasteiger partial charge in [0.1, 0.15) is 5.71 Å². The van der Waals surface area contributed by atoms with Gasteiger partial charge in [-0.05, 0) is 47.1 Å². The highest BCUT2D eigenvalue weighted by molar-refractivity contribution is 8.24. The first-order chi connectivity index (χ1) is 17.2. The van der Waals surface area contributed by atoms with Gasteiger partial charge >= 0.3 is 0 Å². The fourth-order valence-corrected chi connectivity index (χ4v) is 7.01. The molecular weight excluding hydrogens is 466 g/mol. The number of hydrogen-bond donors (Lipinski definition) is 0. The minimum Gasteiger partial charge on any atom is -0.378 e. The third-order valence-corrected chi connectivity index (χ3v) is 9.06. The number of anilines is 1. The molecule has 0 fully saturated rings. The average molecular weight is 493 g/mol. The van der Waals surface area contributed by atoms with Gasteiger partial charge in [-0.25, -0.2) is 0 Å². The summed E-state index contributed by atoms with van der Waals surface area (Å²) in [5, 5.41) is 5.14. The molecule has 35 heavy (non-hydrogen) atoms. The standard InChI is InChI=1S/C30H26N3S2/c1-32(2)24-16-12-21(13-17-24)26-20-27(22-8-4-3-5-9-22)33(31-26)25-18-14-23(15-19-25)30-34-28-10-6-7-11-29(28)35-30/h3-19,27H,20H2,1-2H3/q+1/t27-/m1/s1. The van der Waals surface area contributed by atoms with Gasteiger partial charge in [-0.15, -0.1) is 0 Å². The van der Waals surface area contributed by atoms with E-state index in [1.165, 1.54) is 36.4 Å². The van der Waals surface area contributed by atoms with Crippen molar-refractivity contribution in [2.24, 2.45) is 5.10 Å². The molecule has 3 nitrogen and oxygen atoms in total. The van der Waals surface area contributed by atoms with Crippen LogP contribution in [0.5, 0.6) is 0 Å². The van der Waals surface area contributed by atoms with Crippen LogP contribution in [0.1, 0.15) is 23.6 Å². The van der Waals surface area contributed by atoms with Crippen LogP contribution in [-0.4, -0.2) is 30.2 Å². The second-order valence-corrected chi connectivity index (χ2v) is 11.3. The Morgan fingerprint density at radius 3 is 2.03 bits per heavy atom. The van der Waals surface area contributed by atoms with Crippen molar-refractivity contribution in [1.29, 1.82) is 0 Å². The van der Waals surface area contributed by atoms with Gasteiger partial charge in [0.2, 0.25) is 11.8 Å². The maximum absolute atomic E-state index is 5.14. The van der Waals surface area contributed by atoms with Gasteiger partial charge in [-0.3, -0.25) is 0 Å². The average Bonchev–Trinajstić information content (AvgIpc) is 3.55. The Morgan fingerprint density at radius 1 is 0.771 bits per heavy atom. The van der Waals surface area contributed by atoms with E-state index in [1.807, 2.05) is 23.5 Å². The molecule has 3 aliphatic rings. The molecule has 1 atom stereocenters. The molecule has 0 amide bonds. The Hall–Kier alpha value is -3.28. The largest absolute Gasteiger partial charge is 0.378 e. The number of rotatable bonds is 3. The molecule has 0 saturated heterocycles. The zero-order chi connectivity index (χ0) is 23.8. The SMILES string of the molecule is CN(C)c1ccc(C2=N[N+](=C3C=CC(=C4Sc5ccccc5S4)C=C3)[C@@H](c3ccccc3)C2)cc1. The third kappa shape index (κ3) is 4.42. The predicted octanol–water partition coefficient (Wildman–Crippen LogP) is 7.29. The van der Waals surface area contributed by atoms with Crippen molar-refractivity contribution in [1.82, 2.24) is 0 Å². The summed E-state index contributed by atoms with van der Waals surface area (Å²) in [6, 6.07) is 28.2. The Labute approximate surface area is 215 Å². The Kier molecular flexibility index (Phi) is 5.96. The number of benzene rings is 3. The highest BCUT2D eigenvalue weighted by Crippen LogP contribution is 2.52. The van der Waals surface area contributed by atoms with Crippen molar-refractivity contribution >= 4 is 40.6 Å².